The summed E-state index contributed by atoms with van der Waals surface area (Å²) in [6, 6.07) is 10.8. The van der Waals surface area contributed by atoms with Gasteiger partial charge in [-0.3, -0.25) is 0 Å². The fraction of sp³-hybridized carbons (Fsp3) is 0.273. The SMILES string of the molecule is CCC.COc1cc(C)c2[nH]ccc2c1C(O)c1nc2cc(C#N)ccc2o1. The summed E-state index contributed by atoms with van der Waals surface area (Å²) in [6.45, 7) is 6.22. The second kappa shape index (κ2) is 8.15. The molecule has 0 aliphatic heterocycles. The molecule has 144 valence electrons. The molecule has 1 atom stereocenters. The van der Waals surface area contributed by atoms with Gasteiger partial charge in [0.25, 0.3) is 0 Å². The van der Waals surface area contributed by atoms with Gasteiger partial charge in [0, 0.05) is 22.7 Å². The van der Waals surface area contributed by atoms with Crippen LogP contribution < -0.4 is 4.74 Å². The normalized spacial score (nSPS) is 11.7. The van der Waals surface area contributed by atoms with Crippen molar-refractivity contribution in [3.63, 3.8) is 0 Å². The number of aryl methyl sites for hydroxylation is 1. The van der Waals surface area contributed by atoms with E-state index in [1.54, 1.807) is 25.3 Å². The van der Waals surface area contributed by atoms with Crippen LogP contribution in [0.4, 0.5) is 0 Å². The summed E-state index contributed by atoms with van der Waals surface area (Å²) in [5.41, 5.74) is 4.08. The Hall–Kier alpha value is -3.30. The fourth-order valence-corrected chi connectivity index (χ4v) is 3.11. The number of fused-ring (bicyclic) bond motifs is 2. The Balaban J connectivity index is 0.000000706. The highest BCUT2D eigenvalue weighted by Gasteiger charge is 2.25. The van der Waals surface area contributed by atoms with Crippen molar-refractivity contribution in [3.8, 4) is 11.8 Å². The Labute approximate surface area is 163 Å². The van der Waals surface area contributed by atoms with Crippen molar-refractivity contribution < 1.29 is 14.3 Å². The lowest BCUT2D eigenvalue weighted by Gasteiger charge is -2.15. The predicted molar refractivity (Wildman–Crippen MR) is 108 cm³/mol. The molecule has 4 rings (SSSR count). The Kier molecular flexibility index (Phi) is 5.67. The van der Waals surface area contributed by atoms with Crippen LogP contribution in [0.25, 0.3) is 22.0 Å². The van der Waals surface area contributed by atoms with E-state index in [0.29, 0.717) is 28.0 Å². The Bertz CT molecular complexity index is 1150. The number of H-pyrrole nitrogens is 1. The van der Waals surface area contributed by atoms with E-state index in [4.69, 9.17) is 14.4 Å². The van der Waals surface area contributed by atoms with E-state index < -0.39 is 6.10 Å². The maximum absolute atomic E-state index is 10.9. The molecule has 1 unspecified atom stereocenters. The molecule has 0 bridgehead atoms. The van der Waals surface area contributed by atoms with Gasteiger partial charge < -0.3 is 19.2 Å². The van der Waals surface area contributed by atoms with E-state index in [1.807, 2.05) is 25.3 Å². The molecule has 0 fully saturated rings. The van der Waals surface area contributed by atoms with Crippen molar-refractivity contribution in [3.05, 3.63) is 59.1 Å². The molecule has 0 aliphatic carbocycles. The van der Waals surface area contributed by atoms with E-state index in [1.165, 1.54) is 6.42 Å². The zero-order valence-electron chi connectivity index (χ0n) is 16.4. The van der Waals surface area contributed by atoms with E-state index in [0.717, 1.165) is 16.5 Å². The zero-order chi connectivity index (χ0) is 20.3. The number of aromatic amines is 1. The molecule has 2 aromatic heterocycles. The number of benzene rings is 2. The van der Waals surface area contributed by atoms with Crippen LogP contribution >= 0.6 is 0 Å². The molecular formula is C22H23N3O3. The molecule has 4 aromatic rings. The maximum atomic E-state index is 10.9. The van der Waals surface area contributed by atoms with E-state index in [-0.39, 0.29) is 5.89 Å². The molecule has 2 N–H and O–H groups in total. The van der Waals surface area contributed by atoms with E-state index in [2.05, 4.69) is 29.9 Å². The highest BCUT2D eigenvalue weighted by atomic mass is 16.5. The molecule has 6 nitrogen and oxygen atoms in total. The summed E-state index contributed by atoms with van der Waals surface area (Å²) in [4.78, 5) is 7.53. The summed E-state index contributed by atoms with van der Waals surface area (Å²) < 4.78 is 11.2. The third-order valence-corrected chi connectivity index (χ3v) is 4.31. The number of rotatable bonds is 3. The lowest BCUT2D eigenvalue weighted by atomic mass is 10.0. The van der Waals surface area contributed by atoms with Gasteiger partial charge in [0.2, 0.25) is 5.89 Å². The van der Waals surface area contributed by atoms with Gasteiger partial charge in [0.15, 0.2) is 11.7 Å². The van der Waals surface area contributed by atoms with Crippen LogP contribution in [0, 0.1) is 18.3 Å². The van der Waals surface area contributed by atoms with Gasteiger partial charge in [-0.2, -0.15) is 5.26 Å². The predicted octanol–water partition coefficient (Wildman–Crippen LogP) is 5.00. The maximum Gasteiger partial charge on any atom is 0.229 e. The van der Waals surface area contributed by atoms with Gasteiger partial charge in [-0.15, -0.1) is 0 Å². The average Bonchev–Trinajstić information content (AvgIpc) is 3.34. The summed E-state index contributed by atoms with van der Waals surface area (Å²) in [6.07, 6.45) is 1.98. The van der Waals surface area contributed by atoms with Crippen LogP contribution in [0.3, 0.4) is 0 Å². The number of nitrogens with zero attached hydrogens (tertiary/aromatic N) is 2. The van der Waals surface area contributed by atoms with Crippen molar-refractivity contribution in [2.75, 3.05) is 7.11 Å². The zero-order valence-corrected chi connectivity index (χ0v) is 16.4. The van der Waals surface area contributed by atoms with Gasteiger partial charge >= 0.3 is 0 Å². The van der Waals surface area contributed by atoms with Gasteiger partial charge in [-0.25, -0.2) is 4.98 Å². The number of aliphatic hydroxyl groups excluding tert-OH is 1. The Morgan fingerprint density at radius 1 is 1.29 bits per heavy atom. The number of ether oxygens (including phenoxy) is 1. The first kappa shape index (κ1) is 19.5. The molecule has 6 heteroatoms. The number of oxazole rings is 1. The fourth-order valence-electron chi connectivity index (χ4n) is 3.11. The minimum absolute atomic E-state index is 0.162. The van der Waals surface area contributed by atoms with Gasteiger partial charge in [0.05, 0.1) is 18.7 Å². The second-order valence-corrected chi connectivity index (χ2v) is 6.53. The number of hydrogen-bond donors (Lipinski definition) is 2. The average molecular weight is 377 g/mol. The van der Waals surface area contributed by atoms with Gasteiger partial charge in [-0.1, -0.05) is 20.3 Å². The minimum atomic E-state index is -1.09. The molecule has 0 radical (unpaired) electrons. The summed E-state index contributed by atoms with van der Waals surface area (Å²) in [7, 11) is 1.56. The number of hydrogen-bond acceptors (Lipinski definition) is 5. The van der Waals surface area contributed by atoms with E-state index in [9.17, 15) is 5.11 Å². The molecule has 0 spiro atoms. The van der Waals surface area contributed by atoms with Crippen LogP contribution in [0.15, 0.2) is 40.9 Å². The van der Waals surface area contributed by atoms with Crippen LogP contribution in [-0.2, 0) is 0 Å². The number of aliphatic hydroxyl groups is 1. The molecule has 0 aliphatic rings. The quantitative estimate of drug-likeness (QED) is 0.524. The topological polar surface area (TPSA) is 95.1 Å². The number of nitrogens with one attached hydrogen (secondary N) is 1. The molecule has 28 heavy (non-hydrogen) atoms. The van der Waals surface area contributed by atoms with Crippen molar-refractivity contribution >= 4 is 22.0 Å². The van der Waals surface area contributed by atoms with Crippen molar-refractivity contribution in [2.24, 2.45) is 0 Å². The van der Waals surface area contributed by atoms with Crippen molar-refractivity contribution in [1.82, 2.24) is 9.97 Å². The van der Waals surface area contributed by atoms with E-state index >= 15 is 0 Å². The lowest BCUT2D eigenvalue weighted by molar-refractivity contribution is 0.183. The van der Waals surface area contributed by atoms with Crippen LogP contribution in [0.1, 0.15) is 49.0 Å². The van der Waals surface area contributed by atoms with Crippen LogP contribution in [0.2, 0.25) is 0 Å². The highest BCUT2D eigenvalue weighted by Crippen LogP contribution is 2.38. The first-order valence-corrected chi connectivity index (χ1v) is 9.17. The molecular weight excluding hydrogens is 354 g/mol. The largest absolute Gasteiger partial charge is 0.496 e. The first-order chi connectivity index (χ1) is 13.5. The third kappa shape index (κ3) is 3.45. The number of methoxy groups -OCH3 is 1. The summed E-state index contributed by atoms with van der Waals surface area (Å²) >= 11 is 0. The molecule has 2 aromatic carbocycles. The lowest BCUT2D eigenvalue weighted by Crippen LogP contribution is -2.04. The standard InChI is InChI=1S/C19H15N3O3.C3H8/c1-10-7-15(24-2)16(12-5-6-21-17(10)12)18(23)19-22-13-8-11(9-20)3-4-14(13)25-19;1-3-2/h3-8,18,21,23H,1-2H3;3H2,1-2H3. The monoisotopic (exact) mass is 377 g/mol. The summed E-state index contributed by atoms with van der Waals surface area (Å²) in [5.74, 6) is 0.729. The molecule has 0 saturated heterocycles. The molecule has 2 heterocycles. The van der Waals surface area contributed by atoms with Gasteiger partial charge in [-0.05, 0) is 42.8 Å². The van der Waals surface area contributed by atoms with Crippen LogP contribution in [-0.4, -0.2) is 22.2 Å². The molecule has 0 amide bonds. The number of aromatic nitrogens is 2. The Morgan fingerprint density at radius 3 is 2.71 bits per heavy atom. The molecule has 0 saturated carbocycles. The minimum Gasteiger partial charge on any atom is -0.496 e. The van der Waals surface area contributed by atoms with Gasteiger partial charge in [0.1, 0.15) is 11.3 Å². The second-order valence-electron chi connectivity index (χ2n) is 6.53. The Morgan fingerprint density at radius 2 is 2.04 bits per heavy atom. The van der Waals surface area contributed by atoms with Crippen molar-refractivity contribution in [1.29, 1.82) is 5.26 Å². The third-order valence-electron chi connectivity index (χ3n) is 4.31. The van der Waals surface area contributed by atoms with Crippen LogP contribution in [0.5, 0.6) is 5.75 Å². The highest BCUT2D eigenvalue weighted by molar-refractivity contribution is 5.89. The number of nitriles is 1. The van der Waals surface area contributed by atoms with Crippen molar-refractivity contribution in [2.45, 2.75) is 33.3 Å². The first-order valence-electron chi connectivity index (χ1n) is 9.17. The summed E-state index contributed by atoms with van der Waals surface area (Å²) in [5, 5.41) is 20.8. The smallest absolute Gasteiger partial charge is 0.229 e.